The van der Waals surface area contributed by atoms with E-state index in [1.807, 2.05) is 0 Å². The highest BCUT2D eigenvalue weighted by atomic mass is 16.5. The molecule has 0 fully saturated rings. The molecule has 19 heavy (non-hydrogen) atoms. The zero-order valence-electron chi connectivity index (χ0n) is 10.6. The van der Waals surface area contributed by atoms with Crippen molar-refractivity contribution in [2.24, 2.45) is 0 Å². The van der Waals surface area contributed by atoms with Crippen molar-refractivity contribution in [3.8, 4) is 5.88 Å². The van der Waals surface area contributed by atoms with Crippen molar-refractivity contribution in [1.29, 1.82) is 0 Å². The van der Waals surface area contributed by atoms with E-state index in [0.29, 0.717) is 13.0 Å². The van der Waals surface area contributed by atoms with Crippen molar-refractivity contribution in [1.82, 2.24) is 10.3 Å². The van der Waals surface area contributed by atoms with Gasteiger partial charge in [0.15, 0.2) is 5.88 Å². The van der Waals surface area contributed by atoms with Gasteiger partial charge < -0.3 is 15.2 Å². The molecule has 7 heteroatoms. The molecule has 0 aromatic carbocycles. The maximum Gasteiger partial charge on any atom is 0.305 e. The molecule has 0 atom stereocenters. The molecular formula is C12H16N2O5. The van der Waals surface area contributed by atoms with E-state index in [4.69, 9.17) is 9.84 Å². The molecule has 0 aliphatic carbocycles. The van der Waals surface area contributed by atoms with Gasteiger partial charge in [0.05, 0.1) is 12.2 Å². The van der Waals surface area contributed by atoms with E-state index in [9.17, 15) is 14.4 Å². The van der Waals surface area contributed by atoms with Crippen molar-refractivity contribution < 1.29 is 19.4 Å². The Labute approximate surface area is 109 Å². The molecule has 0 saturated carbocycles. The van der Waals surface area contributed by atoms with E-state index in [-0.39, 0.29) is 30.4 Å². The predicted octanol–water partition coefficient (Wildman–Crippen LogP) is 0.154. The first-order valence-corrected chi connectivity index (χ1v) is 5.90. The molecule has 3 N–H and O–H groups in total. The largest absolute Gasteiger partial charge is 0.494 e. The number of nitrogens with one attached hydrogen (secondary N) is 2. The lowest BCUT2D eigenvalue weighted by atomic mass is 10.2. The molecule has 1 aromatic rings. The van der Waals surface area contributed by atoms with E-state index in [2.05, 4.69) is 10.3 Å². The summed E-state index contributed by atoms with van der Waals surface area (Å²) in [4.78, 5) is 35.8. The van der Waals surface area contributed by atoms with Gasteiger partial charge in [-0.05, 0) is 13.3 Å². The van der Waals surface area contributed by atoms with Crippen LogP contribution < -0.4 is 10.9 Å². The molecule has 104 valence electrons. The molecule has 0 radical (unpaired) electrons. The zero-order valence-corrected chi connectivity index (χ0v) is 10.6. The second-order valence-corrected chi connectivity index (χ2v) is 3.78. The standard InChI is InChI=1S/C12H16N2O5/c1-2-19-11(17)4-3-5-13-12(18)8-6-9(15)14-10(16)7-8/h6-7H,2-5H2,1H3,(H,13,18)(H2,14,15,16). The molecule has 0 bridgehead atoms. The number of carbonyl (C=O) groups excluding carboxylic acids is 2. The first-order valence-electron chi connectivity index (χ1n) is 5.90. The summed E-state index contributed by atoms with van der Waals surface area (Å²) in [5.41, 5.74) is -0.492. The fourth-order valence-corrected chi connectivity index (χ4v) is 1.43. The van der Waals surface area contributed by atoms with Crippen molar-refractivity contribution in [2.45, 2.75) is 19.8 Å². The van der Waals surface area contributed by atoms with Crippen LogP contribution in [0, 0.1) is 0 Å². The van der Waals surface area contributed by atoms with Gasteiger partial charge in [-0.3, -0.25) is 19.4 Å². The average Bonchev–Trinajstić information content (AvgIpc) is 2.33. The lowest BCUT2D eigenvalue weighted by molar-refractivity contribution is -0.143. The predicted molar refractivity (Wildman–Crippen MR) is 66.9 cm³/mol. The Bertz CT molecular complexity index is 509. The molecule has 1 amide bonds. The highest BCUT2D eigenvalue weighted by Gasteiger charge is 2.08. The monoisotopic (exact) mass is 268 g/mol. The minimum absolute atomic E-state index is 0.0670. The van der Waals surface area contributed by atoms with Gasteiger partial charge in [0.25, 0.3) is 11.5 Å². The van der Waals surface area contributed by atoms with Crippen molar-refractivity contribution in [2.75, 3.05) is 13.2 Å². The first kappa shape index (κ1) is 14.7. The second kappa shape index (κ2) is 7.20. The van der Waals surface area contributed by atoms with E-state index >= 15 is 0 Å². The van der Waals surface area contributed by atoms with Crippen LogP contribution in [0.2, 0.25) is 0 Å². The van der Waals surface area contributed by atoms with Gasteiger partial charge in [0.1, 0.15) is 0 Å². The molecule has 0 aliphatic heterocycles. The fourth-order valence-electron chi connectivity index (χ4n) is 1.43. The third-order valence-electron chi connectivity index (χ3n) is 2.24. The Kier molecular flexibility index (Phi) is 5.59. The normalized spacial score (nSPS) is 9.95. The molecule has 0 saturated heterocycles. The maximum atomic E-state index is 11.6. The molecular weight excluding hydrogens is 252 g/mol. The average molecular weight is 268 g/mol. The lowest BCUT2D eigenvalue weighted by Gasteiger charge is -2.05. The van der Waals surface area contributed by atoms with Crippen LogP contribution in [0.5, 0.6) is 5.88 Å². The number of carbonyl (C=O) groups is 2. The third kappa shape index (κ3) is 5.24. The molecule has 0 aliphatic rings. The molecule has 0 unspecified atom stereocenters. The van der Waals surface area contributed by atoms with Crippen LogP contribution in [-0.4, -0.2) is 35.1 Å². The van der Waals surface area contributed by atoms with E-state index in [1.165, 1.54) is 0 Å². The van der Waals surface area contributed by atoms with Gasteiger partial charge in [-0.25, -0.2) is 0 Å². The Morgan fingerprint density at radius 2 is 2.16 bits per heavy atom. The molecule has 0 spiro atoms. The van der Waals surface area contributed by atoms with Gasteiger partial charge >= 0.3 is 5.97 Å². The summed E-state index contributed by atoms with van der Waals surface area (Å²) < 4.78 is 4.73. The minimum atomic E-state index is -0.559. The molecule has 1 heterocycles. The number of esters is 1. The van der Waals surface area contributed by atoms with Crippen molar-refractivity contribution in [3.63, 3.8) is 0 Å². The Morgan fingerprint density at radius 1 is 1.42 bits per heavy atom. The Morgan fingerprint density at radius 3 is 2.79 bits per heavy atom. The van der Waals surface area contributed by atoms with Gasteiger partial charge in [0, 0.05) is 25.1 Å². The van der Waals surface area contributed by atoms with E-state index < -0.39 is 11.5 Å². The zero-order chi connectivity index (χ0) is 14.3. The topological polar surface area (TPSA) is 108 Å². The summed E-state index contributed by atoms with van der Waals surface area (Å²) in [5.74, 6) is -1.17. The van der Waals surface area contributed by atoms with Gasteiger partial charge in [-0.2, -0.15) is 0 Å². The SMILES string of the molecule is CCOC(=O)CCCNC(=O)c1cc(O)[nH]c(=O)c1. The summed E-state index contributed by atoms with van der Waals surface area (Å²) in [6, 6.07) is 2.24. The quantitative estimate of drug-likeness (QED) is 0.503. The van der Waals surface area contributed by atoms with Crippen LogP contribution in [0.4, 0.5) is 0 Å². The smallest absolute Gasteiger partial charge is 0.305 e. The second-order valence-electron chi connectivity index (χ2n) is 3.78. The summed E-state index contributed by atoms with van der Waals surface area (Å²) in [7, 11) is 0. The molecule has 1 rings (SSSR count). The number of rotatable bonds is 6. The van der Waals surface area contributed by atoms with Crippen molar-refractivity contribution in [3.05, 3.63) is 28.0 Å². The van der Waals surface area contributed by atoms with E-state index in [0.717, 1.165) is 12.1 Å². The maximum absolute atomic E-state index is 11.6. The van der Waals surface area contributed by atoms with Gasteiger partial charge in [0.2, 0.25) is 0 Å². The van der Waals surface area contributed by atoms with Gasteiger partial charge in [-0.1, -0.05) is 0 Å². The van der Waals surface area contributed by atoms with E-state index in [1.54, 1.807) is 6.92 Å². The minimum Gasteiger partial charge on any atom is -0.494 e. The highest BCUT2D eigenvalue weighted by molar-refractivity contribution is 5.94. The number of aromatic hydroxyl groups is 1. The highest BCUT2D eigenvalue weighted by Crippen LogP contribution is 2.03. The number of hydrogen-bond acceptors (Lipinski definition) is 5. The van der Waals surface area contributed by atoms with Crippen LogP contribution in [0.15, 0.2) is 16.9 Å². The lowest BCUT2D eigenvalue weighted by Crippen LogP contribution is -2.26. The number of amides is 1. The number of pyridine rings is 1. The van der Waals surface area contributed by atoms with Crippen LogP contribution in [-0.2, 0) is 9.53 Å². The summed E-state index contributed by atoms with van der Waals surface area (Å²) in [6.45, 7) is 2.33. The number of aromatic nitrogens is 1. The number of aromatic amines is 1. The summed E-state index contributed by atoms with van der Waals surface area (Å²) in [6.07, 6.45) is 0.661. The molecule has 1 aromatic heterocycles. The number of ether oxygens (including phenoxy) is 1. The third-order valence-corrected chi connectivity index (χ3v) is 2.24. The summed E-state index contributed by atoms with van der Waals surface area (Å²) in [5, 5.41) is 11.7. The fraction of sp³-hybridized carbons (Fsp3) is 0.417. The van der Waals surface area contributed by atoms with Crippen LogP contribution in [0.25, 0.3) is 0 Å². The van der Waals surface area contributed by atoms with Crippen LogP contribution in [0.3, 0.4) is 0 Å². The Balaban J connectivity index is 2.39. The Hall–Kier alpha value is -2.31. The number of H-pyrrole nitrogens is 1. The van der Waals surface area contributed by atoms with Crippen LogP contribution in [0.1, 0.15) is 30.1 Å². The van der Waals surface area contributed by atoms with Crippen LogP contribution >= 0.6 is 0 Å². The summed E-state index contributed by atoms with van der Waals surface area (Å²) >= 11 is 0. The molecule has 7 nitrogen and oxygen atoms in total. The number of hydrogen-bond donors (Lipinski definition) is 3. The first-order chi connectivity index (χ1) is 9.02. The van der Waals surface area contributed by atoms with Crippen molar-refractivity contribution >= 4 is 11.9 Å². The van der Waals surface area contributed by atoms with Gasteiger partial charge in [-0.15, -0.1) is 0 Å².